The van der Waals surface area contributed by atoms with E-state index in [1.165, 1.54) is 13.8 Å². The van der Waals surface area contributed by atoms with Crippen molar-refractivity contribution >= 4 is 20.8 Å². The van der Waals surface area contributed by atoms with Crippen molar-refractivity contribution in [1.29, 1.82) is 0 Å². The lowest BCUT2D eigenvalue weighted by Gasteiger charge is -2.26. The molecule has 1 saturated carbocycles. The van der Waals surface area contributed by atoms with Gasteiger partial charge in [-0.1, -0.05) is 0 Å². The van der Waals surface area contributed by atoms with Gasteiger partial charge in [0.15, 0.2) is 0 Å². The van der Waals surface area contributed by atoms with E-state index in [9.17, 15) is 12.8 Å². The number of pyridine rings is 1. The summed E-state index contributed by atoms with van der Waals surface area (Å²) in [6.07, 6.45) is 5.95. The molecule has 1 unspecified atom stereocenters. The maximum atomic E-state index is 14.0. The molecule has 1 aromatic heterocycles. The first-order chi connectivity index (χ1) is 12.6. The SMILES string of the molecule is CC(C)(F)CNS(=O)(=O)c1c2c(cc3cnc(C4CC4)cc13)CC(N)CC2. The number of hydrogen-bond donors (Lipinski definition) is 2. The van der Waals surface area contributed by atoms with Gasteiger partial charge in [-0.2, -0.15) is 0 Å². The van der Waals surface area contributed by atoms with Crippen molar-refractivity contribution in [2.24, 2.45) is 5.73 Å². The van der Waals surface area contributed by atoms with Gasteiger partial charge in [0.2, 0.25) is 10.0 Å². The minimum Gasteiger partial charge on any atom is -0.327 e. The number of hydrogen-bond acceptors (Lipinski definition) is 4. The highest BCUT2D eigenvalue weighted by atomic mass is 32.2. The Kier molecular flexibility index (Phi) is 4.52. The Bertz CT molecular complexity index is 994. The molecule has 0 spiro atoms. The van der Waals surface area contributed by atoms with E-state index in [0.717, 1.165) is 41.5 Å². The minimum atomic E-state index is -3.86. The Morgan fingerprint density at radius 3 is 2.70 bits per heavy atom. The second-order valence-corrected chi connectivity index (χ2v) is 10.2. The molecule has 1 fully saturated rings. The van der Waals surface area contributed by atoms with Gasteiger partial charge in [-0.3, -0.25) is 4.98 Å². The highest BCUT2D eigenvalue weighted by Gasteiger charge is 2.31. The molecule has 2 aromatic rings. The predicted molar refractivity (Wildman–Crippen MR) is 104 cm³/mol. The lowest BCUT2D eigenvalue weighted by molar-refractivity contribution is 0.221. The fraction of sp³-hybridized carbons (Fsp3) is 0.550. The summed E-state index contributed by atoms with van der Waals surface area (Å²) in [7, 11) is -3.86. The summed E-state index contributed by atoms with van der Waals surface area (Å²) < 4.78 is 42.9. The second-order valence-electron chi connectivity index (χ2n) is 8.49. The van der Waals surface area contributed by atoms with E-state index in [0.29, 0.717) is 24.1 Å². The van der Waals surface area contributed by atoms with E-state index in [4.69, 9.17) is 5.73 Å². The molecule has 146 valence electrons. The normalized spacial score (nSPS) is 20.7. The van der Waals surface area contributed by atoms with Gasteiger partial charge in [-0.15, -0.1) is 0 Å². The van der Waals surface area contributed by atoms with E-state index >= 15 is 0 Å². The molecule has 0 saturated heterocycles. The van der Waals surface area contributed by atoms with Gasteiger partial charge in [0.05, 0.1) is 4.90 Å². The fourth-order valence-electron chi connectivity index (χ4n) is 3.80. The Labute approximate surface area is 159 Å². The lowest BCUT2D eigenvalue weighted by atomic mass is 9.87. The van der Waals surface area contributed by atoms with E-state index in [1.54, 1.807) is 6.20 Å². The summed E-state index contributed by atoms with van der Waals surface area (Å²) in [5.41, 5.74) is 7.21. The maximum Gasteiger partial charge on any atom is 0.241 e. The number of nitrogens with one attached hydrogen (secondary N) is 1. The molecule has 7 heteroatoms. The topological polar surface area (TPSA) is 85.1 Å². The van der Waals surface area contributed by atoms with Crippen molar-refractivity contribution in [2.45, 2.75) is 68.5 Å². The van der Waals surface area contributed by atoms with Crippen LogP contribution in [-0.2, 0) is 22.9 Å². The zero-order chi connectivity index (χ0) is 19.4. The molecule has 0 radical (unpaired) electrons. The number of alkyl halides is 1. The summed E-state index contributed by atoms with van der Waals surface area (Å²) in [4.78, 5) is 4.83. The van der Waals surface area contributed by atoms with Crippen LogP contribution in [0.2, 0.25) is 0 Å². The molecular weight excluding hydrogens is 365 g/mol. The van der Waals surface area contributed by atoms with Gasteiger partial charge in [0.1, 0.15) is 5.67 Å². The lowest BCUT2D eigenvalue weighted by Crippen LogP contribution is -2.36. The van der Waals surface area contributed by atoms with Gasteiger partial charge in [-0.05, 0) is 69.2 Å². The standard InChI is InChI=1S/C20H26FN3O2S/c1-20(2,21)11-24-27(25,26)19-16-6-5-15(22)8-13(16)7-14-10-23-18(9-17(14)19)12-3-4-12/h7,9-10,12,15,24H,3-6,8,11,22H2,1-2H3. The van der Waals surface area contributed by atoms with Crippen LogP contribution >= 0.6 is 0 Å². The number of benzene rings is 1. The Balaban J connectivity index is 1.90. The van der Waals surface area contributed by atoms with E-state index < -0.39 is 15.7 Å². The van der Waals surface area contributed by atoms with E-state index in [1.807, 2.05) is 12.1 Å². The molecule has 1 heterocycles. The Morgan fingerprint density at radius 2 is 2.04 bits per heavy atom. The molecule has 4 rings (SSSR count). The minimum absolute atomic E-state index is 0.0296. The zero-order valence-electron chi connectivity index (χ0n) is 15.8. The number of nitrogens with zero attached hydrogens (tertiary/aromatic N) is 1. The molecule has 1 atom stereocenters. The second kappa shape index (κ2) is 6.50. The van der Waals surface area contributed by atoms with Crippen LogP contribution in [0.3, 0.4) is 0 Å². The van der Waals surface area contributed by atoms with Gasteiger partial charge >= 0.3 is 0 Å². The number of halogens is 1. The van der Waals surface area contributed by atoms with Crippen LogP contribution in [-0.4, -0.2) is 31.7 Å². The molecule has 1 aromatic carbocycles. The smallest absolute Gasteiger partial charge is 0.241 e. The molecule has 2 aliphatic rings. The first kappa shape index (κ1) is 18.8. The summed E-state index contributed by atoms with van der Waals surface area (Å²) >= 11 is 0. The number of fused-ring (bicyclic) bond motifs is 2. The van der Waals surface area contributed by atoms with Gasteiger partial charge < -0.3 is 5.73 Å². The van der Waals surface area contributed by atoms with Crippen LogP contribution in [0.5, 0.6) is 0 Å². The molecule has 0 amide bonds. The number of nitrogens with two attached hydrogens (primary N) is 1. The summed E-state index contributed by atoms with van der Waals surface area (Å²) in [6.45, 7) is 2.46. The largest absolute Gasteiger partial charge is 0.327 e. The third-order valence-corrected chi connectivity index (χ3v) is 6.91. The zero-order valence-corrected chi connectivity index (χ0v) is 16.6. The molecule has 3 N–H and O–H groups in total. The van der Waals surface area contributed by atoms with Crippen LogP contribution < -0.4 is 10.5 Å². The van der Waals surface area contributed by atoms with Crippen LogP contribution in [0.1, 0.15) is 55.8 Å². The Hall–Kier alpha value is -1.57. The number of rotatable bonds is 5. The van der Waals surface area contributed by atoms with Crippen LogP contribution in [0, 0.1) is 0 Å². The van der Waals surface area contributed by atoms with Crippen molar-refractivity contribution in [3.05, 3.63) is 35.2 Å². The monoisotopic (exact) mass is 391 g/mol. The average molecular weight is 392 g/mol. The average Bonchev–Trinajstić information content (AvgIpc) is 3.42. The highest BCUT2D eigenvalue weighted by molar-refractivity contribution is 7.89. The van der Waals surface area contributed by atoms with Crippen molar-refractivity contribution in [3.8, 4) is 0 Å². The van der Waals surface area contributed by atoms with Gasteiger partial charge in [-0.25, -0.2) is 17.5 Å². The molecule has 0 aliphatic heterocycles. The van der Waals surface area contributed by atoms with E-state index in [2.05, 4.69) is 9.71 Å². The molecule has 0 bridgehead atoms. The highest BCUT2D eigenvalue weighted by Crippen LogP contribution is 2.41. The maximum absolute atomic E-state index is 14.0. The first-order valence-corrected chi connectivity index (χ1v) is 11.0. The van der Waals surface area contributed by atoms with Gasteiger partial charge in [0.25, 0.3) is 0 Å². The van der Waals surface area contributed by atoms with Crippen molar-refractivity contribution in [1.82, 2.24) is 9.71 Å². The van der Waals surface area contributed by atoms with Gasteiger partial charge in [0, 0.05) is 41.2 Å². The summed E-state index contributed by atoms with van der Waals surface area (Å²) in [5.74, 6) is 0.423. The van der Waals surface area contributed by atoms with E-state index in [-0.39, 0.29) is 17.5 Å². The van der Waals surface area contributed by atoms with Crippen molar-refractivity contribution in [3.63, 3.8) is 0 Å². The quantitative estimate of drug-likeness (QED) is 0.821. The van der Waals surface area contributed by atoms with Crippen LogP contribution in [0.4, 0.5) is 4.39 Å². The molecule has 5 nitrogen and oxygen atoms in total. The van der Waals surface area contributed by atoms with Crippen LogP contribution in [0.15, 0.2) is 23.2 Å². The molecular formula is C20H26FN3O2S. The third kappa shape index (κ3) is 3.86. The first-order valence-electron chi connectivity index (χ1n) is 9.52. The van der Waals surface area contributed by atoms with Crippen LogP contribution in [0.25, 0.3) is 10.8 Å². The predicted octanol–water partition coefficient (Wildman–Crippen LogP) is 2.95. The summed E-state index contributed by atoms with van der Waals surface area (Å²) in [5, 5.41) is 1.48. The molecule has 27 heavy (non-hydrogen) atoms. The van der Waals surface area contributed by atoms with Crippen molar-refractivity contribution in [2.75, 3.05) is 6.54 Å². The number of aromatic nitrogens is 1. The summed E-state index contributed by atoms with van der Waals surface area (Å²) in [6, 6.07) is 3.96. The molecule has 2 aliphatic carbocycles. The van der Waals surface area contributed by atoms with Crippen molar-refractivity contribution < 1.29 is 12.8 Å². The number of sulfonamides is 1. The third-order valence-electron chi connectivity index (χ3n) is 5.39. The Morgan fingerprint density at radius 1 is 1.30 bits per heavy atom. The fourth-order valence-corrected chi connectivity index (χ4v) is 5.50.